The van der Waals surface area contributed by atoms with Crippen LogP contribution in [0.1, 0.15) is 5.56 Å². The molecule has 2 aliphatic heterocycles. The van der Waals surface area contributed by atoms with Gasteiger partial charge in [0.2, 0.25) is 12.1 Å². The molecule has 11 nitrogen and oxygen atoms in total. The fraction of sp³-hybridized carbons (Fsp3) is 0.524. The summed E-state index contributed by atoms with van der Waals surface area (Å²) in [6, 6.07) is 7.80. The Bertz CT molecular complexity index is 884. The van der Waals surface area contributed by atoms with E-state index >= 15 is 0 Å². The number of ketones is 1. The Morgan fingerprint density at radius 2 is 1.94 bits per heavy atom. The Morgan fingerprint density at radius 1 is 1.24 bits per heavy atom. The van der Waals surface area contributed by atoms with Crippen LogP contribution in [0.25, 0.3) is 0 Å². The summed E-state index contributed by atoms with van der Waals surface area (Å²) in [6.45, 7) is 0.181. The van der Waals surface area contributed by atoms with Gasteiger partial charge >= 0.3 is 5.97 Å². The largest absolute Gasteiger partial charge is 0.478 e. The van der Waals surface area contributed by atoms with E-state index in [2.05, 4.69) is 5.32 Å². The molecule has 1 aromatic rings. The molecule has 0 spiro atoms. The highest BCUT2D eigenvalue weighted by Crippen LogP contribution is 2.33. The predicted molar refractivity (Wildman–Crippen MR) is 115 cm³/mol. The average molecular weight is 483 g/mol. The lowest BCUT2D eigenvalue weighted by molar-refractivity contribution is -0.178. The number of aliphatic carboxylic acids is 1. The maximum absolute atomic E-state index is 12.7. The molecule has 0 unspecified atom stereocenters. The number of carboxylic acids is 1. The van der Waals surface area contributed by atoms with Gasteiger partial charge in [0.1, 0.15) is 29.7 Å². The molecule has 2 aliphatic rings. The maximum Gasteiger partial charge on any atom is 0.354 e. The molecule has 0 radical (unpaired) electrons. The first-order valence-corrected chi connectivity index (χ1v) is 11.2. The summed E-state index contributed by atoms with van der Waals surface area (Å²) >= 11 is 0.935. The molecule has 180 valence electrons. The number of hydrogen-bond donors (Lipinski definition) is 3. The smallest absolute Gasteiger partial charge is 0.354 e. The number of aliphatic hydroxyl groups excluding tert-OH is 1. The van der Waals surface area contributed by atoms with Crippen molar-refractivity contribution in [3.63, 3.8) is 0 Å². The number of Topliss-reactive ketones (excluding diaryl/α,β-unsaturated/α-hetero) is 1. The fourth-order valence-corrected chi connectivity index (χ4v) is 5.02. The number of methoxy groups -OCH3 is 2. The minimum Gasteiger partial charge on any atom is -0.478 e. The van der Waals surface area contributed by atoms with Crippen LogP contribution in [0.15, 0.2) is 30.3 Å². The lowest BCUT2D eigenvalue weighted by Gasteiger charge is -2.47. The molecule has 6 atom stereocenters. The van der Waals surface area contributed by atoms with E-state index in [0.717, 1.165) is 22.2 Å². The number of amides is 2. The van der Waals surface area contributed by atoms with Crippen molar-refractivity contribution in [1.29, 1.82) is 0 Å². The van der Waals surface area contributed by atoms with Gasteiger partial charge in [0.15, 0.2) is 5.78 Å². The predicted octanol–water partition coefficient (Wildman–Crippen LogP) is -0.984. The van der Waals surface area contributed by atoms with E-state index in [-0.39, 0.29) is 24.6 Å². The quantitative estimate of drug-likeness (QED) is 0.336. The summed E-state index contributed by atoms with van der Waals surface area (Å²) in [5.41, 5.74) is 0.736. The Balaban J connectivity index is 1.65. The number of carbonyl (C=O) groups is 4. The Hall–Kier alpha value is -2.51. The van der Waals surface area contributed by atoms with Crippen LogP contribution in [-0.2, 0) is 39.8 Å². The van der Waals surface area contributed by atoms with Crippen LogP contribution in [-0.4, -0.2) is 101 Å². The second-order valence-corrected chi connectivity index (χ2v) is 8.67. The van der Waals surface area contributed by atoms with Crippen molar-refractivity contribution >= 4 is 35.3 Å². The Morgan fingerprint density at radius 3 is 2.55 bits per heavy atom. The molecule has 0 bridgehead atoms. The number of aliphatic hydroxyl groups is 1. The number of hydrogen-bond acceptors (Lipinski definition) is 9. The van der Waals surface area contributed by atoms with E-state index in [0.29, 0.717) is 0 Å². The van der Waals surface area contributed by atoms with Crippen molar-refractivity contribution in [2.45, 2.75) is 42.4 Å². The molecule has 12 heteroatoms. The number of nitrogens with zero attached hydrogens (tertiary/aromatic N) is 1. The van der Waals surface area contributed by atoms with Gasteiger partial charge in [-0.15, -0.1) is 11.8 Å². The molecular formula is C21H26N2O9S. The number of carbonyl (C=O) groups excluding carboxylic acids is 3. The number of nitrogens with one attached hydrogen (secondary N) is 1. The van der Waals surface area contributed by atoms with Gasteiger partial charge in [-0.25, -0.2) is 4.79 Å². The minimum atomic E-state index is -2.10. The Kier molecular flexibility index (Phi) is 8.43. The van der Waals surface area contributed by atoms with Crippen LogP contribution < -0.4 is 5.32 Å². The first-order chi connectivity index (χ1) is 15.8. The summed E-state index contributed by atoms with van der Waals surface area (Å²) in [5, 5.41) is 20.7. The van der Waals surface area contributed by atoms with Crippen LogP contribution in [0.2, 0.25) is 0 Å². The number of thioether (sulfide) groups is 1. The molecule has 2 heterocycles. The number of ether oxygens (including phenoxy) is 3. The fourth-order valence-electron chi connectivity index (χ4n) is 3.77. The monoisotopic (exact) mass is 482 g/mol. The Labute approximate surface area is 194 Å². The molecule has 2 amide bonds. The first kappa shape index (κ1) is 25.1. The third-order valence-corrected chi connectivity index (χ3v) is 6.77. The average Bonchev–Trinajstić information content (AvgIpc) is 3.23. The SMILES string of the molecule is CO[C@H]1[C@@H](OC)CO[C@@H]1C(=O)CS[C@@H]1[C@H](NC(=O)Cc2ccccc2)C(=O)N1[C@@H](O)C(=O)O. The molecule has 3 rings (SSSR count). The second-order valence-electron chi connectivity index (χ2n) is 7.56. The maximum atomic E-state index is 12.7. The van der Waals surface area contributed by atoms with E-state index in [1.165, 1.54) is 14.2 Å². The molecule has 33 heavy (non-hydrogen) atoms. The van der Waals surface area contributed by atoms with Crippen molar-refractivity contribution in [3.05, 3.63) is 35.9 Å². The number of likely N-dealkylation sites (tertiary alicyclic amines) is 1. The molecule has 0 aromatic heterocycles. The van der Waals surface area contributed by atoms with E-state index in [9.17, 15) is 24.3 Å². The van der Waals surface area contributed by atoms with Gasteiger partial charge in [-0.2, -0.15) is 0 Å². The minimum absolute atomic E-state index is 0.0201. The van der Waals surface area contributed by atoms with E-state index in [1.54, 1.807) is 24.3 Å². The van der Waals surface area contributed by atoms with Crippen molar-refractivity contribution in [3.8, 4) is 0 Å². The van der Waals surface area contributed by atoms with E-state index in [4.69, 9.17) is 19.3 Å². The highest BCUT2D eigenvalue weighted by Gasteiger charge is 2.53. The van der Waals surface area contributed by atoms with Crippen LogP contribution in [0.5, 0.6) is 0 Å². The topological polar surface area (TPSA) is 152 Å². The summed E-state index contributed by atoms with van der Waals surface area (Å²) in [6.07, 6.45) is -3.97. The van der Waals surface area contributed by atoms with Gasteiger partial charge in [-0.05, 0) is 5.56 Å². The number of carboxylic acid groups (broad SMARTS) is 1. The highest BCUT2D eigenvalue weighted by molar-refractivity contribution is 8.00. The van der Waals surface area contributed by atoms with Gasteiger partial charge < -0.3 is 29.7 Å². The zero-order chi connectivity index (χ0) is 24.1. The standard InChI is InChI=1S/C21H26N2O9S/c1-30-13-9-32-16(17(13)31-2)12(24)10-33-20-15(18(26)23(20)19(27)21(28)29)22-14(25)8-11-6-4-3-5-7-11/h3-7,13,15-17,19-20,27H,8-10H2,1-2H3,(H,22,25)(H,28,29)/t13-,15+,16+,17-,19-,20+/m0/s1. The lowest BCUT2D eigenvalue weighted by atomic mass is 10.1. The van der Waals surface area contributed by atoms with Gasteiger partial charge in [0, 0.05) is 14.2 Å². The molecule has 2 saturated heterocycles. The molecule has 1 aromatic carbocycles. The van der Waals surface area contributed by atoms with Crippen LogP contribution in [0.4, 0.5) is 0 Å². The third kappa shape index (κ3) is 5.53. The second kappa shape index (κ2) is 11.1. The van der Waals surface area contributed by atoms with Crippen molar-refractivity contribution < 1.29 is 43.6 Å². The number of rotatable bonds is 11. The zero-order valence-corrected chi connectivity index (χ0v) is 18.9. The highest BCUT2D eigenvalue weighted by atomic mass is 32.2. The molecule has 3 N–H and O–H groups in total. The van der Waals surface area contributed by atoms with Crippen LogP contribution in [0.3, 0.4) is 0 Å². The van der Waals surface area contributed by atoms with Gasteiger partial charge in [-0.1, -0.05) is 30.3 Å². The molecule has 0 aliphatic carbocycles. The van der Waals surface area contributed by atoms with Crippen molar-refractivity contribution in [2.24, 2.45) is 0 Å². The first-order valence-electron chi connectivity index (χ1n) is 10.2. The lowest BCUT2D eigenvalue weighted by Crippen LogP contribution is -2.73. The summed E-state index contributed by atoms with van der Waals surface area (Å²) in [4.78, 5) is 49.6. The van der Waals surface area contributed by atoms with Crippen LogP contribution >= 0.6 is 11.8 Å². The van der Waals surface area contributed by atoms with Gasteiger partial charge in [-0.3, -0.25) is 19.3 Å². The van der Waals surface area contributed by atoms with Gasteiger partial charge in [0.25, 0.3) is 5.91 Å². The molecular weight excluding hydrogens is 456 g/mol. The number of benzene rings is 1. The molecule has 2 fully saturated rings. The van der Waals surface area contributed by atoms with E-state index < -0.39 is 53.7 Å². The zero-order valence-electron chi connectivity index (χ0n) is 18.1. The number of β-lactam (4-membered cyclic amide) rings is 1. The van der Waals surface area contributed by atoms with Crippen LogP contribution in [0, 0.1) is 0 Å². The third-order valence-electron chi connectivity index (χ3n) is 5.48. The normalized spacial score (nSPS) is 27.7. The summed E-state index contributed by atoms with van der Waals surface area (Å²) < 4.78 is 16.0. The van der Waals surface area contributed by atoms with Crippen molar-refractivity contribution in [2.75, 3.05) is 26.6 Å². The van der Waals surface area contributed by atoms with Gasteiger partial charge in [0.05, 0.1) is 18.8 Å². The van der Waals surface area contributed by atoms with E-state index in [1.807, 2.05) is 6.07 Å². The van der Waals surface area contributed by atoms with Crippen molar-refractivity contribution in [1.82, 2.24) is 10.2 Å². The summed E-state index contributed by atoms with van der Waals surface area (Å²) in [5.74, 6) is -3.31. The molecule has 0 saturated carbocycles. The summed E-state index contributed by atoms with van der Waals surface area (Å²) in [7, 11) is 2.92.